The van der Waals surface area contributed by atoms with Crippen LogP contribution in [0.15, 0.2) is 47.4 Å². The molecule has 24 heavy (non-hydrogen) atoms. The van der Waals surface area contributed by atoms with Crippen LogP contribution in [0.25, 0.3) is 0 Å². The van der Waals surface area contributed by atoms with Gasteiger partial charge in [0.1, 0.15) is 0 Å². The summed E-state index contributed by atoms with van der Waals surface area (Å²) in [6.07, 6.45) is -0.0746. The highest BCUT2D eigenvalue weighted by Gasteiger charge is 2.19. The third-order valence-corrected chi connectivity index (χ3v) is 6.05. The molecule has 6 heteroatoms. The fraction of sp³-hybridized carbons (Fsp3) is 0.278. The first kappa shape index (κ1) is 18.5. The minimum atomic E-state index is -3.51. The van der Waals surface area contributed by atoms with Gasteiger partial charge in [-0.1, -0.05) is 23.7 Å². The first-order valence-electron chi connectivity index (χ1n) is 7.53. The van der Waals surface area contributed by atoms with E-state index in [1.165, 1.54) is 29.2 Å². The van der Waals surface area contributed by atoms with Crippen molar-refractivity contribution in [2.45, 2.75) is 25.2 Å². The summed E-state index contributed by atoms with van der Waals surface area (Å²) in [5.74, 6) is -0.468. The molecule has 1 amide bonds. The van der Waals surface area contributed by atoms with Gasteiger partial charge in [-0.15, -0.1) is 0 Å². The van der Waals surface area contributed by atoms with Gasteiger partial charge < -0.3 is 4.90 Å². The highest BCUT2D eigenvalue weighted by molar-refractivity contribution is 7.91. The molecular formula is C18H20ClNO3S. The molecule has 0 saturated heterocycles. The molecule has 0 atom stereocenters. The van der Waals surface area contributed by atoms with E-state index in [4.69, 9.17) is 11.6 Å². The van der Waals surface area contributed by atoms with Gasteiger partial charge in [-0.2, -0.15) is 0 Å². The average molecular weight is 366 g/mol. The zero-order chi connectivity index (χ0) is 17.9. The van der Waals surface area contributed by atoms with Crippen LogP contribution in [-0.2, 0) is 14.6 Å². The van der Waals surface area contributed by atoms with Crippen LogP contribution in [0, 0.1) is 13.8 Å². The van der Waals surface area contributed by atoms with E-state index >= 15 is 0 Å². The topological polar surface area (TPSA) is 54.5 Å². The van der Waals surface area contributed by atoms with E-state index in [-0.39, 0.29) is 23.0 Å². The molecule has 0 aliphatic rings. The van der Waals surface area contributed by atoms with E-state index in [9.17, 15) is 13.2 Å². The molecule has 2 aromatic carbocycles. The number of carbonyl (C=O) groups is 1. The van der Waals surface area contributed by atoms with Crippen molar-refractivity contribution in [3.63, 3.8) is 0 Å². The van der Waals surface area contributed by atoms with Crippen LogP contribution in [-0.4, -0.2) is 27.1 Å². The zero-order valence-corrected chi connectivity index (χ0v) is 15.5. The van der Waals surface area contributed by atoms with Gasteiger partial charge in [0.25, 0.3) is 0 Å². The van der Waals surface area contributed by atoms with E-state index in [0.717, 1.165) is 16.8 Å². The lowest BCUT2D eigenvalue weighted by Gasteiger charge is -2.20. The molecule has 0 aliphatic heterocycles. The van der Waals surface area contributed by atoms with Crippen molar-refractivity contribution >= 4 is 33.0 Å². The molecule has 2 rings (SSSR count). The number of aryl methyl sites for hydroxylation is 1. The number of carbonyl (C=O) groups excluding carboxylic acids is 1. The van der Waals surface area contributed by atoms with E-state index in [2.05, 4.69) is 0 Å². The van der Waals surface area contributed by atoms with Crippen LogP contribution >= 0.6 is 11.6 Å². The highest BCUT2D eigenvalue weighted by Crippen LogP contribution is 2.23. The van der Waals surface area contributed by atoms with Gasteiger partial charge in [-0.3, -0.25) is 4.79 Å². The summed E-state index contributed by atoms with van der Waals surface area (Å²) in [6, 6.07) is 11.7. The number of rotatable bonds is 5. The zero-order valence-electron chi connectivity index (χ0n) is 13.9. The fourth-order valence-corrected chi connectivity index (χ4v) is 3.74. The number of amides is 1. The minimum Gasteiger partial charge on any atom is -0.315 e. The van der Waals surface area contributed by atoms with Crippen LogP contribution in [0.1, 0.15) is 17.5 Å². The van der Waals surface area contributed by atoms with Crippen molar-refractivity contribution in [2.75, 3.05) is 17.7 Å². The average Bonchev–Trinajstić information content (AvgIpc) is 2.55. The Labute approximate surface area is 148 Å². The Hall–Kier alpha value is -1.85. The number of anilines is 1. The second kappa shape index (κ2) is 7.36. The number of halogens is 1. The lowest BCUT2D eigenvalue weighted by Crippen LogP contribution is -2.28. The van der Waals surface area contributed by atoms with E-state index in [0.29, 0.717) is 5.02 Å². The van der Waals surface area contributed by atoms with Gasteiger partial charge in [0, 0.05) is 24.2 Å². The highest BCUT2D eigenvalue weighted by atomic mass is 35.5. The Bertz CT molecular complexity index is 845. The van der Waals surface area contributed by atoms with Crippen molar-refractivity contribution in [3.8, 4) is 0 Å². The monoisotopic (exact) mass is 365 g/mol. The van der Waals surface area contributed by atoms with Crippen molar-refractivity contribution < 1.29 is 13.2 Å². The Balaban J connectivity index is 2.09. The maximum absolute atomic E-state index is 12.4. The number of benzene rings is 2. The first-order valence-corrected chi connectivity index (χ1v) is 9.56. The Kier molecular flexibility index (Phi) is 5.67. The van der Waals surface area contributed by atoms with E-state index in [1.54, 1.807) is 7.05 Å². The molecule has 0 bridgehead atoms. The van der Waals surface area contributed by atoms with Crippen LogP contribution in [0.5, 0.6) is 0 Å². The number of hydrogen-bond acceptors (Lipinski definition) is 3. The third kappa shape index (κ3) is 4.16. The Morgan fingerprint density at radius 2 is 1.71 bits per heavy atom. The van der Waals surface area contributed by atoms with E-state index in [1.807, 2.05) is 32.0 Å². The Morgan fingerprint density at radius 3 is 2.33 bits per heavy atom. The van der Waals surface area contributed by atoms with Crippen LogP contribution in [0.3, 0.4) is 0 Å². The summed E-state index contributed by atoms with van der Waals surface area (Å²) in [5, 5.41) is 0.472. The summed E-state index contributed by atoms with van der Waals surface area (Å²) in [7, 11) is -1.85. The molecule has 0 aromatic heterocycles. The SMILES string of the molecule is Cc1cccc(N(C)C(=O)CCS(=O)(=O)c2ccc(Cl)cc2)c1C. The normalized spacial score (nSPS) is 11.3. The number of hydrogen-bond donors (Lipinski definition) is 0. The molecule has 2 aromatic rings. The van der Waals surface area contributed by atoms with Crippen molar-refractivity contribution in [1.82, 2.24) is 0 Å². The molecule has 0 saturated carbocycles. The minimum absolute atomic E-state index is 0.0746. The molecule has 128 valence electrons. The predicted molar refractivity (Wildman–Crippen MR) is 97.4 cm³/mol. The molecule has 0 radical (unpaired) electrons. The molecule has 0 N–H and O–H groups in total. The summed E-state index contributed by atoms with van der Waals surface area (Å²) < 4.78 is 24.6. The van der Waals surface area contributed by atoms with Crippen LogP contribution in [0.2, 0.25) is 5.02 Å². The first-order chi connectivity index (χ1) is 11.2. The second-order valence-electron chi connectivity index (χ2n) is 5.69. The lowest BCUT2D eigenvalue weighted by molar-refractivity contribution is -0.117. The number of nitrogens with zero attached hydrogens (tertiary/aromatic N) is 1. The standard InChI is InChI=1S/C18H20ClNO3S/c1-13-5-4-6-17(14(13)2)20(3)18(21)11-12-24(22,23)16-9-7-15(19)8-10-16/h4-10H,11-12H2,1-3H3. The summed E-state index contributed by atoms with van der Waals surface area (Å²) in [4.78, 5) is 14.1. The molecule has 0 unspecified atom stereocenters. The maximum Gasteiger partial charge on any atom is 0.227 e. The second-order valence-corrected chi connectivity index (χ2v) is 8.24. The number of sulfone groups is 1. The predicted octanol–water partition coefficient (Wildman–Crippen LogP) is 3.78. The molecule has 0 heterocycles. The van der Waals surface area contributed by atoms with Crippen LogP contribution < -0.4 is 4.90 Å². The van der Waals surface area contributed by atoms with Crippen molar-refractivity contribution in [2.24, 2.45) is 0 Å². The van der Waals surface area contributed by atoms with Crippen LogP contribution in [0.4, 0.5) is 5.69 Å². The molecule has 0 spiro atoms. The summed E-state index contributed by atoms with van der Waals surface area (Å²) in [5.41, 5.74) is 2.89. The van der Waals surface area contributed by atoms with E-state index < -0.39 is 9.84 Å². The van der Waals surface area contributed by atoms with Gasteiger partial charge in [-0.25, -0.2) is 8.42 Å². The third-order valence-electron chi connectivity index (χ3n) is 4.07. The van der Waals surface area contributed by atoms with Gasteiger partial charge in [0.05, 0.1) is 10.6 Å². The quantitative estimate of drug-likeness (QED) is 0.810. The summed E-state index contributed by atoms with van der Waals surface area (Å²) in [6.45, 7) is 3.92. The van der Waals surface area contributed by atoms with Gasteiger partial charge in [-0.05, 0) is 55.3 Å². The molecule has 4 nitrogen and oxygen atoms in total. The van der Waals surface area contributed by atoms with Crippen molar-refractivity contribution in [1.29, 1.82) is 0 Å². The Morgan fingerprint density at radius 1 is 1.08 bits per heavy atom. The lowest BCUT2D eigenvalue weighted by atomic mass is 10.1. The maximum atomic E-state index is 12.4. The fourth-order valence-electron chi connectivity index (χ4n) is 2.38. The summed E-state index contributed by atoms with van der Waals surface area (Å²) >= 11 is 5.77. The van der Waals surface area contributed by atoms with Gasteiger partial charge in [0.15, 0.2) is 9.84 Å². The van der Waals surface area contributed by atoms with Gasteiger partial charge in [0.2, 0.25) is 5.91 Å². The van der Waals surface area contributed by atoms with Crippen molar-refractivity contribution in [3.05, 3.63) is 58.6 Å². The largest absolute Gasteiger partial charge is 0.315 e. The smallest absolute Gasteiger partial charge is 0.227 e. The van der Waals surface area contributed by atoms with Gasteiger partial charge >= 0.3 is 0 Å². The molecule has 0 aliphatic carbocycles. The molecular weight excluding hydrogens is 346 g/mol. The molecule has 0 fully saturated rings.